The molecule has 0 amide bonds. The van der Waals surface area contributed by atoms with E-state index in [0.29, 0.717) is 24.5 Å². The molecule has 4 aliphatic carbocycles. The van der Waals surface area contributed by atoms with Crippen LogP contribution in [-0.4, -0.2) is 22.8 Å². The van der Waals surface area contributed by atoms with Crippen LogP contribution in [0.4, 0.5) is 0 Å². The second-order valence-electron chi connectivity index (χ2n) is 9.80. The van der Waals surface area contributed by atoms with Gasteiger partial charge in [0.15, 0.2) is 5.78 Å². The van der Waals surface area contributed by atoms with Crippen molar-refractivity contribution >= 4 is 11.6 Å². The van der Waals surface area contributed by atoms with E-state index in [1.807, 2.05) is 13.8 Å². The lowest BCUT2D eigenvalue weighted by Gasteiger charge is -2.64. The summed E-state index contributed by atoms with van der Waals surface area (Å²) in [6.07, 6.45) is 7.65. The summed E-state index contributed by atoms with van der Waals surface area (Å²) in [4.78, 5) is 25.3. The fourth-order valence-electron chi connectivity index (χ4n) is 6.97. The molecule has 6 unspecified atom stereocenters. The van der Waals surface area contributed by atoms with E-state index in [0.717, 1.165) is 19.3 Å². The van der Waals surface area contributed by atoms with E-state index in [1.54, 1.807) is 0 Å². The van der Waals surface area contributed by atoms with Crippen LogP contribution in [0.5, 0.6) is 0 Å². The average molecular weight is 316 g/mol. The third-order valence-corrected chi connectivity index (χ3v) is 8.15. The van der Waals surface area contributed by atoms with Crippen LogP contribution < -0.4 is 0 Å². The number of aliphatic hydroxyl groups is 1. The van der Waals surface area contributed by atoms with Gasteiger partial charge in [0.1, 0.15) is 11.9 Å². The number of carbonyl (C=O) groups is 2. The largest absolute Gasteiger partial charge is 0.385 e. The molecule has 4 rings (SSSR count). The highest BCUT2D eigenvalue weighted by atomic mass is 16.3. The quantitative estimate of drug-likeness (QED) is 0.698. The number of fused-ring (bicyclic) bond motifs is 3. The van der Waals surface area contributed by atoms with Crippen molar-refractivity contribution in [1.82, 2.24) is 0 Å². The number of hydrogen-bond donors (Lipinski definition) is 1. The van der Waals surface area contributed by atoms with Crippen molar-refractivity contribution in [2.45, 2.75) is 65.9 Å². The molecule has 3 saturated carbocycles. The molecule has 23 heavy (non-hydrogen) atoms. The maximum absolute atomic E-state index is 12.8. The van der Waals surface area contributed by atoms with Gasteiger partial charge in [0.2, 0.25) is 0 Å². The Morgan fingerprint density at radius 3 is 2.48 bits per heavy atom. The SMILES string of the molecule is CC12C=CC3(CCC4C(C)(C)C(O)C(=O)CC4(C)C3CC1=O)C2. The number of allylic oxidation sites excluding steroid dienone is 2. The molecule has 0 aromatic rings. The van der Waals surface area contributed by atoms with E-state index < -0.39 is 11.5 Å². The molecule has 1 spiro atoms. The van der Waals surface area contributed by atoms with Gasteiger partial charge in [-0.2, -0.15) is 0 Å². The molecule has 0 aromatic heterocycles. The first-order valence-corrected chi connectivity index (χ1v) is 9.00. The Labute approximate surface area is 138 Å². The highest BCUT2D eigenvalue weighted by Crippen LogP contribution is 2.70. The van der Waals surface area contributed by atoms with Crippen LogP contribution in [0.3, 0.4) is 0 Å². The number of rotatable bonds is 0. The highest BCUT2D eigenvalue weighted by Gasteiger charge is 2.67. The van der Waals surface area contributed by atoms with Crippen molar-refractivity contribution in [3.05, 3.63) is 12.2 Å². The molecule has 126 valence electrons. The summed E-state index contributed by atoms with van der Waals surface area (Å²) in [6, 6.07) is 0. The third kappa shape index (κ3) is 1.70. The molecule has 0 aromatic carbocycles. The second-order valence-corrected chi connectivity index (χ2v) is 9.80. The van der Waals surface area contributed by atoms with E-state index in [1.165, 1.54) is 0 Å². The van der Waals surface area contributed by atoms with E-state index in [2.05, 4.69) is 26.0 Å². The van der Waals surface area contributed by atoms with Gasteiger partial charge in [0.05, 0.1) is 0 Å². The average Bonchev–Trinajstić information content (AvgIpc) is 2.75. The summed E-state index contributed by atoms with van der Waals surface area (Å²) < 4.78 is 0. The Kier molecular flexibility index (Phi) is 2.82. The molecule has 2 bridgehead atoms. The Morgan fingerprint density at radius 1 is 1.09 bits per heavy atom. The number of hydrogen-bond acceptors (Lipinski definition) is 3. The van der Waals surface area contributed by atoms with Crippen molar-refractivity contribution in [2.75, 3.05) is 0 Å². The monoisotopic (exact) mass is 316 g/mol. The topological polar surface area (TPSA) is 54.4 Å². The molecule has 6 atom stereocenters. The van der Waals surface area contributed by atoms with Gasteiger partial charge < -0.3 is 5.11 Å². The van der Waals surface area contributed by atoms with Crippen molar-refractivity contribution in [2.24, 2.45) is 33.5 Å². The lowest BCUT2D eigenvalue weighted by atomic mass is 9.40. The van der Waals surface area contributed by atoms with Gasteiger partial charge in [-0.1, -0.05) is 32.9 Å². The summed E-state index contributed by atoms with van der Waals surface area (Å²) in [7, 11) is 0. The van der Waals surface area contributed by atoms with Gasteiger partial charge >= 0.3 is 0 Å². The maximum atomic E-state index is 12.8. The molecule has 0 heterocycles. The molecule has 1 N–H and O–H groups in total. The maximum Gasteiger partial charge on any atom is 0.162 e. The fraction of sp³-hybridized carbons (Fsp3) is 0.800. The first-order valence-electron chi connectivity index (χ1n) is 9.00. The number of aliphatic hydroxyl groups excluding tert-OH is 1. The van der Waals surface area contributed by atoms with Crippen LogP contribution in [0.1, 0.15) is 59.8 Å². The van der Waals surface area contributed by atoms with E-state index in [-0.39, 0.29) is 27.9 Å². The second kappa shape index (κ2) is 4.17. The minimum absolute atomic E-state index is 0.0337. The van der Waals surface area contributed by atoms with Crippen LogP contribution in [0.25, 0.3) is 0 Å². The highest BCUT2D eigenvalue weighted by molar-refractivity contribution is 5.90. The van der Waals surface area contributed by atoms with Gasteiger partial charge in [-0.3, -0.25) is 9.59 Å². The van der Waals surface area contributed by atoms with Crippen molar-refractivity contribution in [1.29, 1.82) is 0 Å². The van der Waals surface area contributed by atoms with E-state index >= 15 is 0 Å². The zero-order valence-electron chi connectivity index (χ0n) is 14.7. The van der Waals surface area contributed by atoms with Crippen LogP contribution in [0.15, 0.2) is 12.2 Å². The molecular formula is C20H28O3. The lowest BCUT2D eigenvalue weighted by molar-refractivity contribution is -0.185. The summed E-state index contributed by atoms with van der Waals surface area (Å²) in [5, 5.41) is 10.4. The number of carbonyl (C=O) groups excluding carboxylic acids is 2. The van der Waals surface area contributed by atoms with Crippen LogP contribution >= 0.6 is 0 Å². The van der Waals surface area contributed by atoms with E-state index in [9.17, 15) is 14.7 Å². The zero-order valence-corrected chi connectivity index (χ0v) is 14.7. The van der Waals surface area contributed by atoms with Crippen LogP contribution in [0, 0.1) is 33.5 Å². The lowest BCUT2D eigenvalue weighted by Crippen LogP contribution is -2.63. The van der Waals surface area contributed by atoms with Gasteiger partial charge in [0, 0.05) is 23.7 Å². The first-order chi connectivity index (χ1) is 10.6. The number of Topliss-reactive ketones (excluding diaryl/α,β-unsaturated/α-hetero) is 2. The smallest absolute Gasteiger partial charge is 0.162 e. The Morgan fingerprint density at radius 2 is 1.78 bits per heavy atom. The molecular weight excluding hydrogens is 288 g/mol. The minimum Gasteiger partial charge on any atom is -0.385 e. The Bertz CT molecular complexity index is 633. The van der Waals surface area contributed by atoms with Crippen molar-refractivity contribution in [3.63, 3.8) is 0 Å². The predicted octanol–water partition coefficient (Wildman–Crippen LogP) is 3.30. The summed E-state index contributed by atoms with van der Waals surface area (Å²) in [6.45, 7) is 8.37. The van der Waals surface area contributed by atoms with E-state index in [4.69, 9.17) is 0 Å². The summed E-state index contributed by atoms with van der Waals surface area (Å²) >= 11 is 0. The molecule has 0 saturated heterocycles. The number of ketones is 2. The minimum atomic E-state index is -0.863. The van der Waals surface area contributed by atoms with Gasteiger partial charge in [0.25, 0.3) is 0 Å². The fourth-order valence-corrected chi connectivity index (χ4v) is 6.97. The molecule has 0 radical (unpaired) electrons. The predicted molar refractivity (Wildman–Crippen MR) is 87.7 cm³/mol. The van der Waals surface area contributed by atoms with Crippen molar-refractivity contribution in [3.8, 4) is 0 Å². The van der Waals surface area contributed by atoms with Crippen LogP contribution in [0.2, 0.25) is 0 Å². The normalized spacial score (nSPS) is 53.9. The summed E-state index contributed by atoms with van der Waals surface area (Å²) in [5.41, 5.74) is -0.776. The molecule has 3 heteroatoms. The van der Waals surface area contributed by atoms with Gasteiger partial charge in [-0.25, -0.2) is 0 Å². The Balaban J connectivity index is 1.81. The summed E-state index contributed by atoms with van der Waals surface area (Å²) in [5.74, 6) is 0.840. The van der Waals surface area contributed by atoms with Crippen LogP contribution in [-0.2, 0) is 9.59 Å². The Hall–Kier alpha value is -0.960. The molecule has 0 aliphatic heterocycles. The molecule has 4 aliphatic rings. The van der Waals surface area contributed by atoms with Gasteiger partial charge in [-0.15, -0.1) is 0 Å². The zero-order chi connectivity index (χ0) is 16.8. The molecule has 3 nitrogen and oxygen atoms in total. The standard InChI is InChI=1S/C20H28O3/c1-17(2)13-5-6-20-8-7-18(3,11-20)15(22)9-14(20)19(13,4)10-12(21)16(17)23/h7-8,13-14,16,23H,5-6,9-11H2,1-4H3. The third-order valence-electron chi connectivity index (χ3n) is 8.15. The van der Waals surface area contributed by atoms with Crippen molar-refractivity contribution < 1.29 is 14.7 Å². The first kappa shape index (κ1) is 15.6. The molecule has 3 fully saturated rings. The van der Waals surface area contributed by atoms with Gasteiger partial charge in [-0.05, 0) is 48.9 Å².